The van der Waals surface area contributed by atoms with Crippen molar-refractivity contribution < 1.29 is 52.4 Å². The molecule has 1 aliphatic heterocycles. The molecule has 0 unspecified atom stereocenters. The predicted molar refractivity (Wildman–Crippen MR) is 79.1 cm³/mol. The largest absolute Gasteiger partial charge is 0.467 e. The van der Waals surface area contributed by atoms with Crippen LogP contribution >= 0.6 is 0 Å². The lowest BCUT2D eigenvalue weighted by molar-refractivity contribution is -0.294. The van der Waals surface area contributed by atoms with Crippen LogP contribution in [0.25, 0.3) is 0 Å². The van der Waals surface area contributed by atoms with Gasteiger partial charge in [-0.15, -0.1) is 0 Å². The summed E-state index contributed by atoms with van der Waals surface area (Å²) >= 11 is 0. The summed E-state index contributed by atoms with van der Waals surface area (Å²) in [5, 5.41) is 0. The Bertz CT molecular complexity index is 584. The Kier molecular flexibility index (Phi) is 7.50. The molecular weight excluding hydrogens is 356 g/mol. The van der Waals surface area contributed by atoms with Crippen molar-refractivity contribution >= 4 is 29.8 Å². The van der Waals surface area contributed by atoms with Crippen LogP contribution in [0.15, 0.2) is 0 Å². The van der Waals surface area contributed by atoms with E-state index in [0.717, 1.165) is 34.8 Å². The van der Waals surface area contributed by atoms with E-state index in [1.54, 1.807) is 0 Å². The predicted octanol–water partition coefficient (Wildman–Crippen LogP) is -0.757. The summed E-state index contributed by atoms with van der Waals surface area (Å²) in [7, 11) is 1.05. The van der Waals surface area contributed by atoms with Gasteiger partial charge in [0, 0.05) is 27.7 Å². The second-order valence-electron chi connectivity index (χ2n) is 5.28. The molecule has 1 aliphatic rings. The molecule has 1 rings (SSSR count). The average molecular weight is 376 g/mol. The monoisotopic (exact) mass is 376 g/mol. The minimum atomic E-state index is -1.60. The molecule has 0 radical (unpaired) electrons. The highest BCUT2D eigenvalue weighted by Gasteiger charge is 2.56. The van der Waals surface area contributed by atoms with E-state index in [0.29, 0.717) is 0 Å². The van der Waals surface area contributed by atoms with Crippen LogP contribution in [0.5, 0.6) is 0 Å². The van der Waals surface area contributed by atoms with Crippen LogP contribution in [0.2, 0.25) is 0 Å². The first-order chi connectivity index (χ1) is 12.1. The maximum absolute atomic E-state index is 12.0. The Labute approximate surface area is 148 Å². The summed E-state index contributed by atoms with van der Waals surface area (Å²) in [5.74, 6) is -4.25. The van der Waals surface area contributed by atoms with Crippen molar-refractivity contribution in [1.82, 2.24) is 0 Å². The Morgan fingerprint density at radius 3 is 1.50 bits per heavy atom. The number of methoxy groups -OCH3 is 1. The summed E-state index contributed by atoms with van der Waals surface area (Å²) in [4.78, 5) is 57.7. The van der Waals surface area contributed by atoms with Gasteiger partial charge in [-0.2, -0.15) is 0 Å². The summed E-state index contributed by atoms with van der Waals surface area (Å²) in [6, 6.07) is 0. The van der Waals surface area contributed by atoms with Crippen LogP contribution in [-0.4, -0.2) is 67.7 Å². The molecule has 11 nitrogen and oxygen atoms in total. The van der Waals surface area contributed by atoms with E-state index in [9.17, 15) is 24.0 Å². The molecular formula is C15H20O11. The molecule has 11 heteroatoms. The van der Waals surface area contributed by atoms with Crippen LogP contribution in [-0.2, 0) is 52.4 Å². The van der Waals surface area contributed by atoms with E-state index >= 15 is 0 Å². The standard InChI is InChI=1S/C15H20O11/c1-6(16)22-10-11(23-7(2)17)13(24-8(3)18)15(25-9(4)19)26-12(10)14(20)21-5/h10-13,15H,1-5H3/t10-,11+,12-,13+,15+/m1/s1. The molecule has 0 aromatic rings. The Hall–Kier alpha value is -2.69. The molecule has 146 valence electrons. The second kappa shape index (κ2) is 9.13. The van der Waals surface area contributed by atoms with Gasteiger partial charge in [0.25, 0.3) is 0 Å². The lowest BCUT2D eigenvalue weighted by atomic mass is 9.97. The van der Waals surface area contributed by atoms with Gasteiger partial charge in [0.2, 0.25) is 12.4 Å². The highest BCUT2D eigenvalue weighted by Crippen LogP contribution is 2.30. The normalized spacial score (nSPS) is 27.7. The third kappa shape index (κ3) is 5.69. The zero-order chi connectivity index (χ0) is 20.0. The summed E-state index contributed by atoms with van der Waals surface area (Å²) in [6.07, 6.45) is -7.66. The van der Waals surface area contributed by atoms with Crippen molar-refractivity contribution in [3.05, 3.63) is 0 Å². The van der Waals surface area contributed by atoms with E-state index in [2.05, 4.69) is 4.74 Å². The van der Waals surface area contributed by atoms with Crippen molar-refractivity contribution in [3.8, 4) is 0 Å². The van der Waals surface area contributed by atoms with Gasteiger partial charge in [0.15, 0.2) is 18.3 Å². The van der Waals surface area contributed by atoms with Gasteiger partial charge in [-0.05, 0) is 0 Å². The maximum Gasteiger partial charge on any atom is 0.339 e. The molecule has 0 bridgehead atoms. The number of hydrogen-bond donors (Lipinski definition) is 0. The van der Waals surface area contributed by atoms with Crippen molar-refractivity contribution in [1.29, 1.82) is 0 Å². The number of carbonyl (C=O) groups is 5. The van der Waals surface area contributed by atoms with E-state index in [1.165, 1.54) is 0 Å². The Balaban J connectivity index is 3.37. The fourth-order valence-corrected chi connectivity index (χ4v) is 2.34. The molecule has 0 aliphatic carbocycles. The summed E-state index contributed by atoms with van der Waals surface area (Å²) in [5.41, 5.74) is 0. The second-order valence-corrected chi connectivity index (χ2v) is 5.28. The average Bonchev–Trinajstić information content (AvgIpc) is 2.50. The first-order valence-electron chi connectivity index (χ1n) is 7.49. The molecule has 0 N–H and O–H groups in total. The highest BCUT2D eigenvalue weighted by molar-refractivity contribution is 5.77. The van der Waals surface area contributed by atoms with Gasteiger partial charge < -0.3 is 28.4 Å². The number of hydrogen-bond acceptors (Lipinski definition) is 11. The molecule has 0 saturated carbocycles. The zero-order valence-corrected chi connectivity index (χ0v) is 14.9. The zero-order valence-electron chi connectivity index (χ0n) is 14.9. The topological polar surface area (TPSA) is 141 Å². The number of rotatable bonds is 5. The first-order valence-corrected chi connectivity index (χ1v) is 7.49. The van der Waals surface area contributed by atoms with Crippen LogP contribution in [0.4, 0.5) is 0 Å². The molecule has 0 spiro atoms. The van der Waals surface area contributed by atoms with Crippen LogP contribution in [0, 0.1) is 0 Å². The molecule has 26 heavy (non-hydrogen) atoms. The minimum Gasteiger partial charge on any atom is -0.467 e. The maximum atomic E-state index is 12.0. The highest BCUT2D eigenvalue weighted by atomic mass is 16.7. The van der Waals surface area contributed by atoms with E-state index in [-0.39, 0.29) is 0 Å². The lowest BCUT2D eigenvalue weighted by Gasteiger charge is -2.42. The van der Waals surface area contributed by atoms with Crippen molar-refractivity contribution in [2.24, 2.45) is 0 Å². The molecule has 1 fully saturated rings. The van der Waals surface area contributed by atoms with E-state index < -0.39 is 60.6 Å². The van der Waals surface area contributed by atoms with Gasteiger partial charge >= 0.3 is 29.8 Å². The molecule has 0 aromatic heterocycles. The van der Waals surface area contributed by atoms with Gasteiger partial charge in [-0.25, -0.2) is 4.79 Å². The summed E-state index contributed by atoms with van der Waals surface area (Å²) in [6.45, 7) is 4.22. The summed E-state index contributed by atoms with van der Waals surface area (Å²) < 4.78 is 30.0. The van der Waals surface area contributed by atoms with Gasteiger partial charge in [0.05, 0.1) is 7.11 Å². The smallest absolute Gasteiger partial charge is 0.339 e. The van der Waals surface area contributed by atoms with E-state index in [1.807, 2.05) is 0 Å². The van der Waals surface area contributed by atoms with Gasteiger partial charge in [-0.3, -0.25) is 19.2 Å². The van der Waals surface area contributed by atoms with Crippen molar-refractivity contribution in [2.75, 3.05) is 7.11 Å². The van der Waals surface area contributed by atoms with Crippen LogP contribution in [0.1, 0.15) is 27.7 Å². The third-order valence-corrected chi connectivity index (χ3v) is 3.12. The van der Waals surface area contributed by atoms with Crippen LogP contribution < -0.4 is 0 Å². The van der Waals surface area contributed by atoms with Crippen LogP contribution in [0.3, 0.4) is 0 Å². The van der Waals surface area contributed by atoms with E-state index in [4.69, 9.17) is 23.7 Å². The third-order valence-electron chi connectivity index (χ3n) is 3.12. The molecule has 0 amide bonds. The minimum absolute atomic E-state index is 0.814. The fraction of sp³-hybridized carbons (Fsp3) is 0.667. The fourth-order valence-electron chi connectivity index (χ4n) is 2.34. The van der Waals surface area contributed by atoms with Crippen molar-refractivity contribution in [2.45, 2.75) is 58.4 Å². The van der Waals surface area contributed by atoms with Gasteiger partial charge in [-0.1, -0.05) is 0 Å². The molecule has 5 atom stereocenters. The van der Waals surface area contributed by atoms with Gasteiger partial charge in [0.1, 0.15) is 0 Å². The lowest BCUT2D eigenvalue weighted by Crippen LogP contribution is -2.64. The number of esters is 5. The number of carbonyl (C=O) groups excluding carboxylic acids is 5. The first kappa shape index (κ1) is 21.4. The number of ether oxygens (including phenoxy) is 6. The SMILES string of the molecule is COC(=O)[C@@H]1O[C@H](OC(C)=O)[C@@H](OC(C)=O)[C@@H](OC(C)=O)[C@H]1OC(C)=O. The Morgan fingerprint density at radius 2 is 1.08 bits per heavy atom. The molecule has 1 heterocycles. The molecule has 1 saturated heterocycles. The van der Waals surface area contributed by atoms with Crippen molar-refractivity contribution in [3.63, 3.8) is 0 Å². The molecule has 0 aromatic carbocycles. The Morgan fingerprint density at radius 1 is 0.654 bits per heavy atom. The quantitative estimate of drug-likeness (QED) is 0.441.